The third-order valence-corrected chi connectivity index (χ3v) is 4.48. The standard InChI is InChI=1S/C18H21N3/c1-11-8-12(2)17(13(3)9-11)21-16-7-5-4-6-14(16)15(10-19)18(21)20/h8-9H,4-7,20H2,1-3H3. The van der Waals surface area contributed by atoms with E-state index in [1.54, 1.807) is 0 Å². The van der Waals surface area contributed by atoms with Crippen LogP contribution >= 0.6 is 0 Å². The molecule has 3 heteroatoms. The van der Waals surface area contributed by atoms with Gasteiger partial charge in [0.15, 0.2) is 0 Å². The summed E-state index contributed by atoms with van der Waals surface area (Å²) in [6.07, 6.45) is 4.30. The molecular weight excluding hydrogens is 258 g/mol. The summed E-state index contributed by atoms with van der Waals surface area (Å²) in [5, 5.41) is 9.47. The van der Waals surface area contributed by atoms with Gasteiger partial charge in [-0.15, -0.1) is 0 Å². The van der Waals surface area contributed by atoms with Crippen molar-refractivity contribution in [3.05, 3.63) is 45.6 Å². The summed E-state index contributed by atoms with van der Waals surface area (Å²) in [6, 6.07) is 6.69. The zero-order valence-electron chi connectivity index (χ0n) is 13.0. The average Bonchev–Trinajstić information content (AvgIpc) is 2.70. The SMILES string of the molecule is Cc1cc(C)c(-n2c(N)c(C#N)c3c2CCCC3)c(C)c1. The van der Waals surface area contributed by atoms with Gasteiger partial charge in [-0.3, -0.25) is 4.57 Å². The fourth-order valence-electron chi connectivity index (χ4n) is 3.72. The van der Waals surface area contributed by atoms with E-state index in [4.69, 9.17) is 5.73 Å². The highest BCUT2D eigenvalue weighted by Gasteiger charge is 2.25. The Balaban J connectivity index is 2.34. The molecule has 0 radical (unpaired) electrons. The van der Waals surface area contributed by atoms with Gasteiger partial charge in [0.1, 0.15) is 11.9 Å². The Kier molecular flexibility index (Phi) is 3.25. The van der Waals surface area contributed by atoms with Crippen molar-refractivity contribution >= 4 is 5.82 Å². The maximum Gasteiger partial charge on any atom is 0.126 e. The number of hydrogen-bond acceptors (Lipinski definition) is 2. The summed E-state index contributed by atoms with van der Waals surface area (Å²) in [7, 11) is 0. The molecule has 0 amide bonds. The number of rotatable bonds is 1. The molecule has 21 heavy (non-hydrogen) atoms. The minimum atomic E-state index is 0.611. The van der Waals surface area contributed by atoms with Crippen LogP contribution in [-0.4, -0.2) is 4.57 Å². The molecule has 1 aromatic heterocycles. The molecule has 0 spiro atoms. The molecule has 1 aliphatic rings. The molecule has 0 atom stereocenters. The highest BCUT2D eigenvalue weighted by Crippen LogP contribution is 2.36. The summed E-state index contributed by atoms with van der Waals surface area (Å²) >= 11 is 0. The van der Waals surface area contributed by atoms with Crippen molar-refractivity contribution < 1.29 is 0 Å². The largest absolute Gasteiger partial charge is 0.384 e. The molecule has 0 bridgehead atoms. The number of nitriles is 1. The zero-order valence-corrected chi connectivity index (χ0v) is 13.0. The van der Waals surface area contributed by atoms with Gasteiger partial charge in [-0.1, -0.05) is 17.7 Å². The lowest BCUT2D eigenvalue weighted by Crippen LogP contribution is -2.11. The van der Waals surface area contributed by atoms with E-state index >= 15 is 0 Å². The molecule has 0 aliphatic heterocycles. The Morgan fingerprint density at radius 2 is 1.71 bits per heavy atom. The number of nitrogen functional groups attached to an aromatic ring is 1. The highest BCUT2D eigenvalue weighted by atomic mass is 15.1. The molecule has 0 unspecified atom stereocenters. The number of fused-ring (bicyclic) bond motifs is 1. The lowest BCUT2D eigenvalue weighted by molar-refractivity contribution is 0.662. The maximum absolute atomic E-state index is 9.47. The molecule has 3 rings (SSSR count). The van der Waals surface area contributed by atoms with E-state index in [1.807, 2.05) is 0 Å². The Morgan fingerprint density at radius 3 is 2.33 bits per heavy atom. The van der Waals surface area contributed by atoms with Gasteiger partial charge in [-0.05, 0) is 63.1 Å². The molecule has 1 aromatic carbocycles. The molecule has 1 aliphatic carbocycles. The van der Waals surface area contributed by atoms with Crippen LogP contribution in [0, 0.1) is 32.1 Å². The lowest BCUT2D eigenvalue weighted by Gasteiger charge is -2.20. The first-order chi connectivity index (χ1) is 10.0. The number of aromatic nitrogens is 1. The van der Waals surface area contributed by atoms with E-state index in [9.17, 15) is 5.26 Å². The molecule has 3 nitrogen and oxygen atoms in total. The van der Waals surface area contributed by atoms with Crippen LogP contribution in [0.2, 0.25) is 0 Å². The van der Waals surface area contributed by atoms with E-state index in [2.05, 4.69) is 43.5 Å². The van der Waals surface area contributed by atoms with Crippen molar-refractivity contribution in [3.8, 4) is 11.8 Å². The van der Waals surface area contributed by atoms with Crippen molar-refractivity contribution in [2.45, 2.75) is 46.5 Å². The van der Waals surface area contributed by atoms with Crippen LogP contribution in [0.3, 0.4) is 0 Å². The third kappa shape index (κ3) is 2.03. The van der Waals surface area contributed by atoms with E-state index < -0.39 is 0 Å². The van der Waals surface area contributed by atoms with E-state index in [0.29, 0.717) is 11.4 Å². The van der Waals surface area contributed by atoms with Gasteiger partial charge >= 0.3 is 0 Å². The Hall–Kier alpha value is -2.21. The van der Waals surface area contributed by atoms with Crippen LogP contribution in [0.1, 0.15) is 46.4 Å². The predicted octanol–water partition coefficient (Wildman–Crippen LogP) is 3.74. The number of nitrogens with two attached hydrogens (primary N) is 1. The highest BCUT2D eigenvalue weighted by molar-refractivity contribution is 5.66. The van der Waals surface area contributed by atoms with E-state index in [0.717, 1.165) is 24.9 Å². The molecule has 2 aromatic rings. The van der Waals surface area contributed by atoms with Gasteiger partial charge in [-0.25, -0.2) is 0 Å². The first-order valence-electron chi connectivity index (χ1n) is 7.54. The number of benzene rings is 1. The first-order valence-corrected chi connectivity index (χ1v) is 7.54. The Morgan fingerprint density at radius 1 is 1.10 bits per heavy atom. The van der Waals surface area contributed by atoms with Crippen LogP contribution < -0.4 is 5.73 Å². The van der Waals surface area contributed by atoms with Crippen molar-refractivity contribution in [2.24, 2.45) is 0 Å². The molecule has 2 N–H and O–H groups in total. The molecule has 0 saturated heterocycles. The van der Waals surface area contributed by atoms with Crippen LogP contribution in [0.4, 0.5) is 5.82 Å². The van der Waals surface area contributed by atoms with Crippen LogP contribution in [0.15, 0.2) is 12.1 Å². The minimum absolute atomic E-state index is 0.611. The number of hydrogen-bond donors (Lipinski definition) is 1. The van der Waals surface area contributed by atoms with Crippen molar-refractivity contribution in [3.63, 3.8) is 0 Å². The summed E-state index contributed by atoms with van der Waals surface area (Å²) in [5.41, 5.74) is 14.3. The summed E-state index contributed by atoms with van der Waals surface area (Å²) in [5.74, 6) is 0.611. The van der Waals surface area contributed by atoms with Gasteiger partial charge in [0.05, 0.1) is 11.3 Å². The smallest absolute Gasteiger partial charge is 0.126 e. The van der Waals surface area contributed by atoms with Gasteiger partial charge in [0.25, 0.3) is 0 Å². The molecule has 1 heterocycles. The van der Waals surface area contributed by atoms with Crippen molar-refractivity contribution in [1.29, 1.82) is 5.26 Å². The van der Waals surface area contributed by atoms with Crippen LogP contribution in [-0.2, 0) is 12.8 Å². The number of anilines is 1. The van der Waals surface area contributed by atoms with Gasteiger partial charge < -0.3 is 5.73 Å². The fourth-order valence-corrected chi connectivity index (χ4v) is 3.72. The molecular formula is C18H21N3. The minimum Gasteiger partial charge on any atom is -0.384 e. The summed E-state index contributed by atoms with van der Waals surface area (Å²) < 4.78 is 2.14. The average molecular weight is 279 g/mol. The number of aryl methyl sites for hydroxylation is 3. The second kappa shape index (κ2) is 4.96. The second-order valence-electron chi connectivity index (χ2n) is 6.09. The van der Waals surface area contributed by atoms with Gasteiger partial charge in [-0.2, -0.15) is 5.26 Å². The number of nitrogens with zero attached hydrogens (tertiary/aromatic N) is 2. The molecule has 0 fully saturated rings. The van der Waals surface area contributed by atoms with Crippen molar-refractivity contribution in [1.82, 2.24) is 4.57 Å². The van der Waals surface area contributed by atoms with Crippen LogP contribution in [0.5, 0.6) is 0 Å². The Labute approximate surface area is 126 Å². The van der Waals surface area contributed by atoms with Gasteiger partial charge in [0.2, 0.25) is 0 Å². The van der Waals surface area contributed by atoms with Crippen LogP contribution in [0.25, 0.3) is 5.69 Å². The van der Waals surface area contributed by atoms with Gasteiger partial charge in [0, 0.05) is 5.69 Å². The zero-order chi connectivity index (χ0) is 15.1. The third-order valence-electron chi connectivity index (χ3n) is 4.48. The topological polar surface area (TPSA) is 54.7 Å². The lowest BCUT2D eigenvalue weighted by atomic mass is 9.95. The summed E-state index contributed by atoms with van der Waals surface area (Å²) in [4.78, 5) is 0. The van der Waals surface area contributed by atoms with Crippen molar-refractivity contribution in [2.75, 3.05) is 5.73 Å². The Bertz CT molecular complexity index is 737. The molecule has 0 saturated carbocycles. The quantitative estimate of drug-likeness (QED) is 0.864. The second-order valence-corrected chi connectivity index (χ2v) is 6.09. The molecule has 108 valence electrons. The monoisotopic (exact) mass is 279 g/mol. The first kappa shape index (κ1) is 13.8. The maximum atomic E-state index is 9.47. The van der Waals surface area contributed by atoms with E-state index in [1.165, 1.54) is 34.4 Å². The normalized spacial score (nSPS) is 13.8. The fraction of sp³-hybridized carbons (Fsp3) is 0.389. The van der Waals surface area contributed by atoms with E-state index in [-0.39, 0.29) is 0 Å². The predicted molar refractivity (Wildman–Crippen MR) is 85.7 cm³/mol. The summed E-state index contributed by atoms with van der Waals surface area (Å²) in [6.45, 7) is 6.35.